The van der Waals surface area contributed by atoms with Crippen LogP contribution in [0.2, 0.25) is 0 Å². The molecule has 4 nitrogen and oxygen atoms in total. The lowest BCUT2D eigenvalue weighted by Crippen LogP contribution is -2.29. The van der Waals surface area contributed by atoms with E-state index >= 15 is 0 Å². The molecule has 2 aliphatic heterocycles. The Morgan fingerprint density at radius 1 is 0.781 bits per heavy atom. The van der Waals surface area contributed by atoms with Crippen molar-refractivity contribution in [2.24, 2.45) is 0 Å². The highest BCUT2D eigenvalue weighted by Gasteiger charge is 2.18. The first-order valence-electron chi connectivity index (χ1n) is 11.8. The first kappa shape index (κ1) is 20.6. The van der Waals surface area contributed by atoms with Crippen LogP contribution < -0.4 is 15.1 Å². The van der Waals surface area contributed by atoms with Gasteiger partial charge >= 0.3 is 0 Å². The average molecular weight is 426 g/mol. The van der Waals surface area contributed by atoms with Gasteiger partial charge in [0.1, 0.15) is 0 Å². The molecule has 4 heteroatoms. The molecule has 0 radical (unpaired) electrons. The molecule has 1 saturated heterocycles. The fourth-order valence-corrected chi connectivity index (χ4v) is 4.81. The third-order valence-corrected chi connectivity index (χ3v) is 6.68. The number of para-hydroxylation sites is 1. The predicted octanol–water partition coefficient (Wildman–Crippen LogP) is 5.17. The number of rotatable bonds is 6. The first-order chi connectivity index (χ1) is 15.8. The van der Waals surface area contributed by atoms with Crippen molar-refractivity contribution in [3.8, 4) is 0 Å². The maximum absolute atomic E-state index is 12.6. The molecule has 2 aliphatic rings. The summed E-state index contributed by atoms with van der Waals surface area (Å²) in [4.78, 5) is 17.5. The van der Waals surface area contributed by atoms with Gasteiger partial charge in [-0.25, -0.2) is 0 Å². The van der Waals surface area contributed by atoms with E-state index in [-0.39, 0.29) is 5.91 Å². The zero-order valence-corrected chi connectivity index (χ0v) is 18.6. The number of hydrogen-bond acceptors (Lipinski definition) is 3. The number of amides is 1. The number of carbonyl (C=O) groups is 1. The number of hydrogen-bond donors (Lipinski definition) is 1. The van der Waals surface area contributed by atoms with Crippen LogP contribution in [0.25, 0.3) is 0 Å². The van der Waals surface area contributed by atoms with Gasteiger partial charge in [-0.05, 0) is 72.7 Å². The molecule has 3 aromatic carbocycles. The zero-order chi connectivity index (χ0) is 21.8. The van der Waals surface area contributed by atoms with E-state index in [9.17, 15) is 4.79 Å². The van der Waals surface area contributed by atoms with Crippen molar-refractivity contribution in [1.82, 2.24) is 5.32 Å². The van der Waals surface area contributed by atoms with Gasteiger partial charge in [-0.15, -0.1) is 0 Å². The third kappa shape index (κ3) is 4.64. The second kappa shape index (κ2) is 9.47. The number of piperidine rings is 1. The molecule has 5 rings (SSSR count). The van der Waals surface area contributed by atoms with E-state index in [1.165, 1.54) is 41.8 Å². The molecule has 1 N–H and O–H groups in total. The number of nitrogens with zero attached hydrogens (tertiary/aromatic N) is 2. The second-order valence-electron chi connectivity index (χ2n) is 8.89. The molecule has 1 amide bonds. The fraction of sp³-hybridized carbons (Fsp3) is 0.321. The van der Waals surface area contributed by atoms with Gasteiger partial charge in [0.2, 0.25) is 0 Å². The molecule has 0 bridgehead atoms. The van der Waals surface area contributed by atoms with Crippen LogP contribution in [0.3, 0.4) is 0 Å². The predicted molar refractivity (Wildman–Crippen MR) is 131 cm³/mol. The van der Waals surface area contributed by atoms with Crippen molar-refractivity contribution in [2.75, 3.05) is 29.4 Å². The number of carbonyl (C=O) groups excluding carboxylic acids is 1. The quantitative estimate of drug-likeness (QED) is 0.592. The topological polar surface area (TPSA) is 35.6 Å². The summed E-state index contributed by atoms with van der Waals surface area (Å²) in [6.45, 7) is 4.78. The number of nitrogens with one attached hydrogen (secondary N) is 1. The Balaban J connectivity index is 1.14. The van der Waals surface area contributed by atoms with Gasteiger partial charge < -0.3 is 15.1 Å². The summed E-state index contributed by atoms with van der Waals surface area (Å²) in [6, 6.07) is 25.3. The number of fused-ring (bicyclic) bond motifs is 1. The van der Waals surface area contributed by atoms with Gasteiger partial charge in [0.05, 0.1) is 0 Å². The van der Waals surface area contributed by atoms with Crippen LogP contribution in [-0.2, 0) is 19.5 Å². The molecular formula is C28H31N3O. The summed E-state index contributed by atoms with van der Waals surface area (Å²) in [6.07, 6.45) is 5.01. The molecular weight excluding hydrogens is 394 g/mol. The van der Waals surface area contributed by atoms with Crippen molar-refractivity contribution in [3.63, 3.8) is 0 Å². The van der Waals surface area contributed by atoms with E-state index in [0.717, 1.165) is 38.2 Å². The van der Waals surface area contributed by atoms with Crippen LogP contribution >= 0.6 is 0 Å². The maximum Gasteiger partial charge on any atom is 0.251 e. The summed E-state index contributed by atoms with van der Waals surface area (Å²) >= 11 is 0. The van der Waals surface area contributed by atoms with Gasteiger partial charge in [-0.2, -0.15) is 0 Å². The minimum absolute atomic E-state index is 0.0248. The van der Waals surface area contributed by atoms with Crippen LogP contribution in [0.4, 0.5) is 11.4 Å². The minimum atomic E-state index is -0.0248. The van der Waals surface area contributed by atoms with Gasteiger partial charge in [0.15, 0.2) is 0 Å². The molecule has 2 heterocycles. The Morgan fingerprint density at radius 2 is 1.50 bits per heavy atom. The summed E-state index contributed by atoms with van der Waals surface area (Å²) in [5, 5.41) is 3.06. The van der Waals surface area contributed by atoms with E-state index in [0.29, 0.717) is 12.1 Å². The Labute approximate surface area is 190 Å². The van der Waals surface area contributed by atoms with Crippen molar-refractivity contribution < 1.29 is 4.79 Å². The molecule has 164 valence electrons. The normalized spacial score (nSPS) is 15.5. The molecule has 0 atom stereocenters. The molecule has 3 aromatic rings. The van der Waals surface area contributed by atoms with E-state index in [1.807, 2.05) is 12.1 Å². The average Bonchev–Trinajstić information content (AvgIpc) is 3.27. The van der Waals surface area contributed by atoms with Gasteiger partial charge in [0.25, 0.3) is 5.91 Å². The highest BCUT2D eigenvalue weighted by molar-refractivity contribution is 5.94. The molecule has 0 unspecified atom stereocenters. The van der Waals surface area contributed by atoms with Gasteiger partial charge in [-0.1, -0.05) is 42.5 Å². The summed E-state index contributed by atoms with van der Waals surface area (Å²) in [5.41, 5.74) is 7.11. The van der Waals surface area contributed by atoms with Crippen LogP contribution in [0, 0.1) is 0 Å². The molecule has 0 saturated carbocycles. The summed E-state index contributed by atoms with van der Waals surface area (Å²) < 4.78 is 0. The van der Waals surface area contributed by atoms with Crippen molar-refractivity contribution in [1.29, 1.82) is 0 Å². The Bertz CT molecular complexity index is 1050. The lowest BCUT2D eigenvalue weighted by atomic mass is 10.1. The Hall–Kier alpha value is -3.27. The van der Waals surface area contributed by atoms with Crippen LogP contribution in [-0.4, -0.2) is 25.5 Å². The lowest BCUT2D eigenvalue weighted by Gasteiger charge is -2.28. The zero-order valence-electron chi connectivity index (χ0n) is 18.6. The maximum atomic E-state index is 12.6. The molecule has 32 heavy (non-hydrogen) atoms. The van der Waals surface area contributed by atoms with E-state index < -0.39 is 0 Å². The molecule has 0 aliphatic carbocycles. The third-order valence-electron chi connectivity index (χ3n) is 6.68. The smallest absolute Gasteiger partial charge is 0.251 e. The molecule has 0 aromatic heterocycles. The molecule has 0 spiro atoms. The Morgan fingerprint density at radius 3 is 2.28 bits per heavy atom. The van der Waals surface area contributed by atoms with Crippen LogP contribution in [0.1, 0.15) is 46.3 Å². The summed E-state index contributed by atoms with van der Waals surface area (Å²) in [5.74, 6) is -0.0248. The minimum Gasteiger partial charge on any atom is -0.372 e. The van der Waals surface area contributed by atoms with Crippen molar-refractivity contribution >= 4 is 17.3 Å². The second-order valence-corrected chi connectivity index (χ2v) is 8.89. The van der Waals surface area contributed by atoms with Gasteiger partial charge in [-0.3, -0.25) is 4.79 Å². The van der Waals surface area contributed by atoms with Gasteiger partial charge in [0, 0.05) is 49.7 Å². The monoisotopic (exact) mass is 425 g/mol. The Kier molecular flexibility index (Phi) is 6.11. The first-order valence-corrected chi connectivity index (χ1v) is 11.8. The van der Waals surface area contributed by atoms with E-state index in [2.05, 4.69) is 75.8 Å². The highest BCUT2D eigenvalue weighted by atomic mass is 16.1. The van der Waals surface area contributed by atoms with E-state index in [1.54, 1.807) is 0 Å². The number of benzene rings is 3. The van der Waals surface area contributed by atoms with Crippen molar-refractivity contribution in [3.05, 3.63) is 95.1 Å². The molecule has 1 fully saturated rings. The van der Waals surface area contributed by atoms with Crippen molar-refractivity contribution in [2.45, 2.75) is 38.8 Å². The fourth-order valence-electron chi connectivity index (χ4n) is 4.81. The summed E-state index contributed by atoms with van der Waals surface area (Å²) in [7, 11) is 0. The largest absolute Gasteiger partial charge is 0.372 e. The van der Waals surface area contributed by atoms with E-state index in [4.69, 9.17) is 0 Å². The SMILES string of the molecule is O=C(NCc1ccc(N2CCCCC2)cc1)c1ccc(CN2CCc3ccccc32)cc1. The number of anilines is 2. The highest BCUT2D eigenvalue weighted by Crippen LogP contribution is 2.28. The van der Waals surface area contributed by atoms with Crippen LogP contribution in [0.15, 0.2) is 72.8 Å². The standard InChI is InChI=1S/C28H31N3O/c32-28(29-20-22-10-14-26(15-11-22)30-17-4-1-5-18-30)25-12-8-23(9-13-25)21-31-19-16-24-6-2-3-7-27(24)31/h2-3,6-15H,1,4-5,16-21H2,(H,29,32). The lowest BCUT2D eigenvalue weighted by molar-refractivity contribution is 0.0951. The van der Waals surface area contributed by atoms with Crippen LogP contribution in [0.5, 0.6) is 0 Å².